The Hall–Kier alpha value is -1.29. The number of rotatable bonds is 2. The highest BCUT2D eigenvalue weighted by Crippen LogP contribution is 2.28. The summed E-state index contributed by atoms with van der Waals surface area (Å²) in [6.07, 6.45) is 0.910. The summed E-state index contributed by atoms with van der Waals surface area (Å²) in [6.45, 7) is 5.65. The summed E-state index contributed by atoms with van der Waals surface area (Å²) in [7, 11) is 0. The van der Waals surface area contributed by atoms with Crippen LogP contribution in [-0.2, 0) is 17.8 Å². The molecule has 1 unspecified atom stereocenters. The third kappa shape index (κ3) is 2.26. The standard InChI is InChI=1S/C16H19BrN2O/c1-10(2)15(17)16(20)19-8-7-14-12(9-19)11-5-3-4-6-13(11)18-14/h3-6,10,15,18H,7-9H2,1-2H3. The number of aromatic amines is 1. The van der Waals surface area contributed by atoms with Crippen LogP contribution in [0.4, 0.5) is 0 Å². The molecule has 4 heteroatoms. The SMILES string of the molecule is CC(C)C(Br)C(=O)N1CCc2[nH]c3ccccc3c2C1. The zero-order valence-corrected chi connectivity index (χ0v) is 13.4. The van der Waals surface area contributed by atoms with Crippen molar-refractivity contribution in [1.29, 1.82) is 0 Å². The Balaban J connectivity index is 1.90. The Labute approximate surface area is 127 Å². The van der Waals surface area contributed by atoms with Gasteiger partial charge in [-0.05, 0) is 12.0 Å². The van der Waals surface area contributed by atoms with Crippen LogP contribution in [-0.4, -0.2) is 27.2 Å². The highest BCUT2D eigenvalue weighted by atomic mass is 79.9. The van der Waals surface area contributed by atoms with E-state index in [1.807, 2.05) is 11.0 Å². The molecule has 2 heterocycles. The van der Waals surface area contributed by atoms with Crippen molar-refractivity contribution in [2.45, 2.75) is 31.6 Å². The molecule has 1 aromatic heterocycles. The molecule has 106 valence electrons. The Bertz CT molecular complexity index is 647. The van der Waals surface area contributed by atoms with E-state index in [9.17, 15) is 4.79 Å². The lowest BCUT2D eigenvalue weighted by molar-refractivity contribution is -0.132. The van der Waals surface area contributed by atoms with Gasteiger partial charge in [-0.25, -0.2) is 0 Å². The average molecular weight is 335 g/mol. The highest BCUT2D eigenvalue weighted by molar-refractivity contribution is 9.10. The van der Waals surface area contributed by atoms with Crippen molar-refractivity contribution in [2.75, 3.05) is 6.54 Å². The number of hydrogen-bond acceptors (Lipinski definition) is 1. The van der Waals surface area contributed by atoms with Gasteiger partial charge in [0, 0.05) is 41.7 Å². The van der Waals surface area contributed by atoms with Crippen LogP contribution >= 0.6 is 15.9 Å². The predicted molar refractivity (Wildman–Crippen MR) is 85.0 cm³/mol. The molecule has 1 amide bonds. The molecule has 0 radical (unpaired) electrons. The second kappa shape index (κ2) is 5.24. The van der Waals surface area contributed by atoms with E-state index < -0.39 is 0 Å². The quantitative estimate of drug-likeness (QED) is 0.838. The van der Waals surface area contributed by atoms with Crippen molar-refractivity contribution in [3.63, 3.8) is 0 Å². The minimum absolute atomic E-state index is 0.0887. The number of carbonyl (C=O) groups excluding carboxylic acids is 1. The van der Waals surface area contributed by atoms with Gasteiger partial charge in [-0.3, -0.25) is 4.79 Å². The Morgan fingerprint density at radius 1 is 1.35 bits per heavy atom. The number of para-hydroxylation sites is 1. The summed E-state index contributed by atoms with van der Waals surface area (Å²) in [6, 6.07) is 8.33. The molecular weight excluding hydrogens is 316 g/mol. The van der Waals surface area contributed by atoms with Gasteiger partial charge in [0.25, 0.3) is 0 Å². The normalized spacial score (nSPS) is 16.5. The number of aromatic nitrogens is 1. The minimum atomic E-state index is -0.0887. The Kier molecular flexibility index (Phi) is 3.59. The number of hydrogen-bond donors (Lipinski definition) is 1. The molecule has 0 aliphatic carbocycles. The van der Waals surface area contributed by atoms with Crippen LogP contribution < -0.4 is 0 Å². The third-order valence-electron chi connectivity index (χ3n) is 4.02. The van der Waals surface area contributed by atoms with Crippen LogP contribution in [0.1, 0.15) is 25.1 Å². The highest BCUT2D eigenvalue weighted by Gasteiger charge is 2.28. The van der Waals surface area contributed by atoms with E-state index in [1.165, 1.54) is 22.2 Å². The van der Waals surface area contributed by atoms with Crippen molar-refractivity contribution in [2.24, 2.45) is 5.92 Å². The molecule has 3 nitrogen and oxygen atoms in total. The van der Waals surface area contributed by atoms with Gasteiger partial charge in [0.05, 0.1) is 4.83 Å². The molecule has 20 heavy (non-hydrogen) atoms. The molecule has 0 saturated heterocycles. The third-order valence-corrected chi connectivity index (χ3v) is 5.46. The number of amides is 1. The van der Waals surface area contributed by atoms with E-state index in [4.69, 9.17) is 0 Å². The first-order valence-electron chi connectivity index (χ1n) is 7.09. The number of nitrogens with zero attached hydrogens (tertiary/aromatic N) is 1. The lowest BCUT2D eigenvalue weighted by Crippen LogP contribution is -2.41. The smallest absolute Gasteiger partial charge is 0.236 e. The van der Waals surface area contributed by atoms with Crippen LogP contribution in [0, 0.1) is 5.92 Å². The van der Waals surface area contributed by atoms with Crippen molar-refractivity contribution in [1.82, 2.24) is 9.88 Å². The van der Waals surface area contributed by atoms with Crippen LogP contribution in [0.3, 0.4) is 0 Å². The van der Waals surface area contributed by atoms with Gasteiger partial charge in [0.15, 0.2) is 0 Å². The van der Waals surface area contributed by atoms with Gasteiger partial charge in [0.2, 0.25) is 5.91 Å². The fourth-order valence-electron chi connectivity index (χ4n) is 2.81. The molecule has 0 spiro atoms. The first-order valence-corrected chi connectivity index (χ1v) is 8.01. The average Bonchev–Trinajstić information content (AvgIpc) is 2.83. The van der Waals surface area contributed by atoms with E-state index in [-0.39, 0.29) is 10.7 Å². The summed E-state index contributed by atoms with van der Waals surface area (Å²) in [5.74, 6) is 0.516. The summed E-state index contributed by atoms with van der Waals surface area (Å²) >= 11 is 3.52. The summed E-state index contributed by atoms with van der Waals surface area (Å²) < 4.78 is 0. The lowest BCUT2D eigenvalue weighted by Gasteiger charge is -2.30. The van der Waals surface area contributed by atoms with E-state index in [0.29, 0.717) is 12.5 Å². The largest absolute Gasteiger partial charge is 0.358 e. The molecule has 1 atom stereocenters. The number of carbonyl (C=O) groups is 1. The molecule has 0 fully saturated rings. The van der Waals surface area contributed by atoms with Crippen LogP contribution in [0.2, 0.25) is 0 Å². The Morgan fingerprint density at radius 3 is 2.85 bits per heavy atom. The monoisotopic (exact) mass is 334 g/mol. The van der Waals surface area contributed by atoms with Crippen LogP contribution in [0.15, 0.2) is 24.3 Å². The molecule has 1 N–H and O–H groups in total. The van der Waals surface area contributed by atoms with E-state index in [1.54, 1.807) is 0 Å². The fourth-order valence-corrected chi connectivity index (χ4v) is 3.10. The second-order valence-electron chi connectivity index (χ2n) is 5.78. The van der Waals surface area contributed by atoms with Crippen LogP contribution in [0.5, 0.6) is 0 Å². The maximum Gasteiger partial charge on any atom is 0.236 e. The summed E-state index contributed by atoms with van der Waals surface area (Å²) in [5.41, 5.74) is 3.74. The first-order chi connectivity index (χ1) is 9.58. The van der Waals surface area contributed by atoms with Crippen molar-refractivity contribution < 1.29 is 4.79 Å². The number of nitrogens with one attached hydrogen (secondary N) is 1. The molecule has 1 aliphatic heterocycles. The lowest BCUT2D eigenvalue weighted by atomic mass is 10.0. The van der Waals surface area contributed by atoms with Crippen LogP contribution in [0.25, 0.3) is 10.9 Å². The number of H-pyrrole nitrogens is 1. The van der Waals surface area contributed by atoms with Crippen molar-refractivity contribution >= 4 is 32.7 Å². The van der Waals surface area contributed by atoms with Gasteiger partial charge >= 0.3 is 0 Å². The summed E-state index contributed by atoms with van der Waals surface area (Å²) in [5, 5.41) is 1.25. The first kappa shape index (κ1) is 13.7. The number of benzene rings is 1. The number of halogens is 1. The van der Waals surface area contributed by atoms with Crippen molar-refractivity contribution in [3.05, 3.63) is 35.5 Å². The van der Waals surface area contributed by atoms with Crippen molar-refractivity contribution in [3.8, 4) is 0 Å². The molecule has 3 rings (SSSR count). The topological polar surface area (TPSA) is 36.1 Å². The zero-order valence-electron chi connectivity index (χ0n) is 11.8. The van der Waals surface area contributed by atoms with Gasteiger partial charge < -0.3 is 9.88 Å². The van der Waals surface area contributed by atoms with Gasteiger partial charge in [-0.15, -0.1) is 0 Å². The fraction of sp³-hybridized carbons (Fsp3) is 0.438. The predicted octanol–water partition coefficient (Wildman–Crippen LogP) is 3.47. The molecular formula is C16H19BrN2O. The molecule has 0 saturated carbocycles. The molecule has 0 bridgehead atoms. The maximum atomic E-state index is 12.5. The maximum absolute atomic E-state index is 12.5. The van der Waals surface area contributed by atoms with Gasteiger partial charge in [0.1, 0.15) is 0 Å². The van der Waals surface area contributed by atoms with E-state index >= 15 is 0 Å². The Morgan fingerprint density at radius 2 is 2.10 bits per heavy atom. The van der Waals surface area contributed by atoms with Gasteiger partial charge in [-0.1, -0.05) is 48.0 Å². The number of fused-ring (bicyclic) bond motifs is 3. The number of alkyl halides is 1. The minimum Gasteiger partial charge on any atom is -0.358 e. The second-order valence-corrected chi connectivity index (χ2v) is 6.77. The molecule has 1 aromatic carbocycles. The summed E-state index contributed by atoms with van der Waals surface area (Å²) in [4.78, 5) is 17.8. The molecule has 2 aromatic rings. The van der Waals surface area contributed by atoms with E-state index in [0.717, 1.165) is 13.0 Å². The van der Waals surface area contributed by atoms with Gasteiger partial charge in [-0.2, -0.15) is 0 Å². The molecule has 1 aliphatic rings. The van der Waals surface area contributed by atoms with E-state index in [2.05, 4.69) is 53.0 Å². The zero-order chi connectivity index (χ0) is 14.3.